The minimum absolute atomic E-state index is 0.589. The quantitative estimate of drug-likeness (QED) is 0.217. The molecule has 0 bridgehead atoms. The van der Waals surface area contributed by atoms with Crippen LogP contribution >= 0.6 is 0 Å². The molecular weight excluding hydrogens is 284 g/mol. The van der Waals surface area contributed by atoms with Gasteiger partial charge in [-0.3, -0.25) is 0 Å². The monoisotopic (exact) mass is 328 g/mol. The number of hydrogen-bond acceptors (Lipinski definition) is 2. The molecule has 0 aliphatic heterocycles. The Bertz CT molecular complexity index is 226. The number of hydrogen-bond donors (Lipinski definition) is 1. The molecule has 1 unspecified atom stereocenters. The van der Waals surface area contributed by atoms with E-state index >= 15 is 0 Å². The molecule has 0 aromatic carbocycles. The molecule has 0 amide bonds. The van der Waals surface area contributed by atoms with Gasteiger partial charge in [-0.05, 0) is 20.3 Å². The van der Waals surface area contributed by atoms with E-state index in [0.29, 0.717) is 6.61 Å². The SMILES string of the molecule is CCCCCCCCCCCCCCCCCC(C)(O)OCC. The molecule has 0 aliphatic rings. The summed E-state index contributed by atoms with van der Waals surface area (Å²) in [6.07, 6.45) is 21.4. The molecule has 0 saturated heterocycles. The van der Waals surface area contributed by atoms with Crippen molar-refractivity contribution in [3.63, 3.8) is 0 Å². The van der Waals surface area contributed by atoms with Crippen LogP contribution in [-0.4, -0.2) is 17.5 Å². The molecule has 23 heavy (non-hydrogen) atoms. The summed E-state index contributed by atoms with van der Waals surface area (Å²) in [5, 5.41) is 9.90. The van der Waals surface area contributed by atoms with Crippen LogP contribution in [0.3, 0.4) is 0 Å². The van der Waals surface area contributed by atoms with Crippen molar-refractivity contribution in [2.45, 2.75) is 129 Å². The predicted molar refractivity (Wildman–Crippen MR) is 102 cm³/mol. The van der Waals surface area contributed by atoms with Gasteiger partial charge in [0.2, 0.25) is 0 Å². The summed E-state index contributed by atoms with van der Waals surface area (Å²) in [5.41, 5.74) is 0. The van der Waals surface area contributed by atoms with E-state index in [1.807, 2.05) is 6.92 Å². The second kappa shape index (κ2) is 16.8. The molecule has 0 rings (SSSR count). The van der Waals surface area contributed by atoms with Crippen LogP contribution in [0.25, 0.3) is 0 Å². The van der Waals surface area contributed by atoms with Gasteiger partial charge < -0.3 is 9.84 Å². The van der Waals surface area contributed by atoms with Crippen molar-refractivity contribution >= 4 is 0 Å². The Hall–Kier alpha value is -0.0800. The normalized spacial score (nSPS) is 14.1. The Morgan fingerprint density at radius 3 is 1.30 bits per heavy atom. The maximum atomic E-state index is 9.90. The lowest BCUT2D eigenvalue weighted by atomic mass is 10.0. The van der Waals surface area contributed by atoms with E-state index in [1.54, 1.807) is 6.92 Å². The molecule has 2 heteroatoms. The van der Waals surface area contributed by atoms with Crippen molar-refractivity contribution in [3.05, 3.63) is 0 Å². The van der Waals surface area contributed by atoms with E-state index in [-0.39, 0.29) is 0 Å². The molecule has 140 valence electrons. The molecule has 0 radical (unpaired) electrons. The summed E-state index contributed by atoms with van der Waals surface area (Å²) in [7, 11) is 0. The van der Waals surface area contributed by atoms with Crippen LogP contribution in [0, 0.1) is 0 Å². The third-order valence-corrected chi connectivity index (χ3v) is 4.70. The summed E-state index contributed by atoms with van der Waals surface area (Å²) in [4.78, 5) is 0. The topological polar surface area (TPSA) is 29.5 Å². The first kappa shape index (κ1) is 22.9. The molecule has 2 nitrogen and oxygen atoms in total. The predicted octanol–water partition coefficient (Wildman–Crippen LogP) is 6.99. The van der Waals surface area contributed by atoms with Gasteiger partial charge >= 0.3 is 0 Å². The van der Waals surface area contributed by atoms with E-state index in [4.69, 9.17) is 4.74 Å². The average Bonchev–Trinajstić information content (AvgIpc) is 2.51. The van der Waals surface area contributed by atoms with Gasteiger partial charge in [-0.25, -0.2) is 0 Å². The fourth-order valence-electron chi connectivity index (χ4n) is 3.21. The Balaban J connectivity index is 3.11. The summed E-state index contributed by atoms with van der Waals surface area (Å²) in [6.45, 7) is 6.58. The fraction of sp³-hybridized carbons (Fsp3) is 1.00. The van der Waals surface area contributed by atoms with Gasteiger partial charge in [0, 0.05) is 13.0 Å². The lowest BCUT2D eigenvalue weighted by molar-refractivity contribution is -0.191. The fourth-order valence-corrected chi connectivity index (χ4v) is 3.21. The van der Waals surface area contributed by atoms with Crippen molar-refractivity contribution in [2.24, 2.45) is 0 Å². The molecule has 0 aromatic heterocycles. The van der Waals surface area contributed by atoms with Gasteiger partial charge in [0.15, 0.2) is 5.79 Å². The molecular formula is C21H44O2. The summed E-state index contributed by atoms with van der Waals surface area (Å²) < 4.78 is 5.30. The van der Waals surface area contributed by atoms with E-state index in [2.05, 4.69) is 6.92 Å². The molecule has 1 N–H and O–H groups in total. The van der Waals surface area contributed by atoms with Crippen LogP contribution in [0.2, 0.25) is 0 Å². The smallest absolute Gasteiger partial charge is 0.162 e. The van der Waals surface area contributed by atoms with Crippen LogP contribution in [0.5, 0.6) is 0 Å². The third-order valence-electron chi connectivity index (χ3n) is 4.70. The highest BCUT2D eigenvalue weighted by atomic mass is 16.6. The number of unbranched alkanes of at least 4 members (excludes halogenated alkanes) is 14. The highest BCUT2D eigenvalue weighted by Crippen LogP contribution is 2.18. The van der Waals surface area contributed by atoms with Crippen molar-refractivity contribution < 1.29 is 9.84 Å². The van der Waals surface area contributed by atoms with Crippen LogP contribution in [0.15, 0.2) is 0 Å². The first-order valence-electron chi connectivity index (χ1n) is 10.5. The van der Waals surface area contributed by atoms with Crippen molar-refractivity contribution in [2.75, 3.05) is 6.61 Å². The Labute approximate surface area is 146 Å². The van der Waals surface area contributed by atoms with Gasteiger partial charge in [0.1, 0.15) is 0 Å². The van der Waals surface area contributed by atoms with Crippen molar-refractivity contribution in [3.8, 4) is 0 Å². The second-order valence-electron chi connectivity index (χ2n) is 7.31. The zero-order valence-corrected chi connectivity index (χ0v) is 16.4. The molecule has 0 saturated carbocycles. The first-order chi connectivity index (χ1) is 11.1. The Kier molecular flexibility index (Phi) is 16.7. The van der Waals surface area contributed by atoms with Crippen molar-refractivity contribution in [1.82, 2.24) is 0 Å². The third kappa shape index (κ3) is 18.1. The average molecular weight is 329 g/mol. The van der Waals surface area contributed by atoms with Crippen LogP contribution < -0.4 is 0 Å². The highest BCUT2D eigenvalue weighted by molar-refractivity contribution is 4.60. The molecule has 0 aromatic rings. The van der Waals surface area contributed by atoms with Gasteiger partial charge in [0.05, 0.1) is 0 Å². The standard InChI is InChI=1S/C21H44O2/c1-4-6-7-8-9-10-11-12-13-14-15-16-17-18-19-20-21(3,22)23-5-2/h22H,4-20H2,1-3H3. The Morgan fingerprint density at radius 2 is 0.957 bits per heavy atom. The minimum Gasteiger partial charge on any atom is -0.366 e. The summed E-state index contributed by atoms with van der Waals surface area (Å²) in [5.74, 6) is -0.911. The maximum absolute atomic E-state index is 9.90. The van der Waals surface area contributed by atoms with Crippen molar-refractivity contribution in [1.29, 1.82) is 0 Å². The zero-order chi connectivity index (χ0) is 17.2. The molecule has 0 heterocycles. The van der Waals surface area contributed by atoms with Gasteiger partial charge in [-0.2, -0.15) is 0 Å². The van der Waals surface area contributed by atoms with E-state index < -0.39 is 5.79 Å². The van der Waals surface area contributed by atoms with Crippen LogP contribution in [0.4, 0.5) is 0 Å². The lowest BCUT2D eigenvalue weighted by Gasteiger charge is -2.22. The van der Waals surface area contributed by atoms with E-state index in [9.17, 15) is 5.11 Å². The summed E-state index contributed by atoms with van der Waals surface area (Å²) >= 11 is 0. The number of rotatable bonds is 18. The second-order valence-corrected chi connectivity index (χ2v) is 7.31. The van der Waals surface area contributed by atoms with Crippen LogP contribution in [0.1, 0.15) is 124 Å². The van der Waals surface area contributed by atoms with Gasteiger partial charge in [0.25, 0.3) is 0 Å². The van der Waals surface area contributed by atoms with E-state index in [1.165, 1.54) is 89.9 Å². The summed E-state index contributed by atoms with van der Waals surface area (Å²) in [6, 6.07) is 0. The van der Waals surface area contributed by atoms with Gasteiger partial charge in [-0.15, -0.1) is 0 Å². The first-order valence-corrected chi connectivity index (χ1v) is 10.5. The highest BCUT2D eigenvalue weighted by Gasteiger charge is 2.18. The lowest BCUT2D eigenvalue weighted by Crippen LogP contribution is -2.27. The number of aliphatic hydroxyl groups is 1. The molecule has 1 atom stereocenters. The van der Waals surface area contributed by atoms with Crippen LogP contribution in [-0.2, 0) is 4.74 Å². The number of ether oxygens (including phenoxy) is 1. The van der Waals surface area contributed by atoms with E-state index in [0.717, 1.165) is 12.8 Å². The maximum Gasteiger partial charge on any atom is 0.162 e. The largest absolute Gasteiger partial charge is 0.366 e. The molecule has 0 spiro atoms. The molecule has 0 aliphatic carbocycles. The van der Waals surface area contributed by atoms with Gasteiger partial charge in [-0.1, -0.05) is 96.8 Å². The molecule has 0 fully saturated rings. The Morgan fingerprint density at radius 1 is 0.609 bits per heavy atom. The minimum atomic E-state index is -0.911. The zero-order valence-electron chi connectivity index (χ0n) is 16.4.